The molecule has 0 radical (unpaired) electrons. The highest BCUT2D eigenvalue weighted by molar-refractivity contribution is 5.81. The molecule has 146 valence electrons. The van der Waals surface area contributed by atoms with Crippen molar-refractivity contribution >= 4 is 11.5 Å². The molecular weight excluding hydrogens is 332 g/mol. The third kappa shape index (κ3) is 5.00. The maximum absolute atomic E-state index is 10.8. The molecule has 0 amide bonds. The van der Waals surface area contributed by atoms with Crippen molar-refractivity contribution < 1.29 is 9.90 Å². The molecule has 0 aromatic heterocycles. The summed E-state index contributed by atoms with van der Waals surface area (Å²) in [7, 11) is 0. The molecule has 2 nitrogen and oxygen atoms in total. The molecule has 1 N–H and O–H groups in total. The first kappa shape index (κ1) is 21.2. The lowest BCUT2D eigenvalue weighted by Crippen LogP contribution is -2.33. The van der Waals surface area contributed by atoms with Crippen LogP contribution < -0.4 is 0 Å². The van der Waals surface area contributed by atoms with Gasteiger partial charge in [-0.25, -0.2) is 4.79 Å². The molecule has 0 saturated heterocycles. The normalized spacial score (nSPS) is 19.4. The molecule has 1 aromatic carbocycles. The molecule has 2 heteroatoms. The van der Waals surface area contributed by atoms with Crippen molar-refractivity contribution in [1.29, 1.82) is 0 Å². The Morgan fingerprint density at radius 2 is 1.67 bits per heavy atom. The Morgan fingerprint density at radius 1 is 1.07 bits per heavy atom. The number of rotatable bonds is 5. The molecule has 0 saturated carbocycles. The van der Waals surface area contributed by atoms with E-state index in [1.165, 1.54) is 41.2 Å². The van der Waals surface area contributed by atoms with Crippen molar-refractivity contribution in [2.75, 3.05) is 0 Å². The van der Waals surface area contributed by atoms with Crippen molar-refractivity contribution in [3.8, 4) is 0 Å². The average molecular weight is 367 g/mol. The molecule has 0 atom stereocenters. The van der Waals surface area contributed by atoms with Gasteiger partial charge >= 0.3 is 5.97 Å². The van der Waals surface area contributed by atoms with Crippen LogP contribution in [0, 0.1) is 5.92 Å². The van der Waals surface area contributed by atoms with Crippen molar-refractivity contribution in [3.05, 3.63) is 64.8 Å². The van der Waals surface area contributed by atoms with E-state index in [9.17, 15) is 4.79 Å². The summed E-state index contributed by atoms with van der Waals surface area (Å²) >= 11 is 0. The zero-order valence-electron chi connectivity index (χ0n) is 17.9. The van der Waals surface area contributed by atoms with Gasteiger partial charge in [0, 0.05) is 6.08 Å². The number of carbonyl (C=O) groups is 1. The molecule has 0 bridgehead atoms. The Balaban J connectivity index is 2.46. The molecule has 0 fully saturated rings. The van der Waals surface area contributed by atoms with Crippen LogP contribution in [0.25, 0.3) is 5.57 Å². The molecule has 27 heavy (non-hydrogen) atoms. The number of hydrogen-bond acceptors (Lipinski definition) is 1. The van der Waals surface area contributed by atoms with Gasteiger partial charge in [-0.2, -0.15) is 0 Å². The van der Waals surface area contributed by atoms with E-state index >= 15 is 0 Å². The lowest BCUT2D eigenvalue weighted by Gasteiger charge is -2.42. The second-order valence-electron chi connectivity index (χ2n) is 9.39. The van der Waals surface area contributed by atoms with E-state index in [2.05, 4.69) is 65.8 Å². The van der Waals surface area contributed by atoms with E-state index in [1.54, 1.807) is 6.92 Å². The van der Waals surface area contributed by atoms with Crippen LogP contribution in [0.2, 0.25) is 0 Å². The highest BCUT2D eigenvalue weighted by Crippen LogP contribution is 2.46. The molecule has 1 aliphatic carbocycles. The Hall–Kier alpha value is -2.09. The van der Waals surface area contributed by atoms with Crippen LogP contribution in [-0.2, 0) is 15.6 Å². The van der Waals surface area contributed by atoms with Gasteiger partial charge in [-0.3, -0.25) is 0 Å². The number of carboxylic acids is 1. The first-order valence-electron chi connectivity index (χ1n) is 9.89. The fourth-order valence-corrected chi connectivity index (χ4v) is 3.94. The summed E-state index contributed by atoms with van der Waals surface area (Å²) in [5.74, 6) is -0.527. The maximum Gasteiger partial charge on any atom is 0.328 e. The van der Waals surface area contributed by atoms with Crippen LogP contribution in [0.5, 0.6) is 0 Å². The molecule has 2 rings (SSSR count). The van der Waals surface area contributed by atoms with Crippen molar-refractivity contribution in [3.63, 3.8) is 0 Å². The summed E-state index contributed by atoms with van der Waals surface area (Å²) in [6.45, 7) is 15.6. The summed E-state index contributed by atoms with van der Waals surface area (Å²) in [4.78, 5) is 10.8. The van der Waals surface area contributed by atoms with E-state index < -0.39 is 5.97 Å². The first-order valence-corrected chi connectivity index (χ1v) is 9.89. The van der Waals surface area contributed by atoms with Gasteiger partial charge < -0.3 is 5.11 Å². The summed E-state index contributed by atoms with van der Waals surface area (Å²) in [6.07, 6.45) is 9.57. The summed E-state index contributed by atoms with van der Waals surface area (Å²) in [5, 5.41) is 8.84. The van der Waals surface area contributed by atoms with E-state index in [1.807, 2.05) is 12.2 Å². The smallest absolute Gasteiger partial charge is 0.328 e. The zero-order chi connectivity index (χ0) is 20.4. The monoisotopic (exact) mass is 366 g/mol. The van der Waals surface area contributed by atoms with Crippen molar-refractivity contribution in [2.24, 2.45) is 5.92 Å². The van der Waals surface area contributed by atoms with Crippen molar-refractivity contribution in [1.82, 2.24) is 0 Å². The van der Waals surface area contributed by atoms with Gasteiger partial charge in [0.05, 0.1) is 0 Å². The zero-order valence-corrected chi connectivity index (χ0v) is 17.9. The highest BCUT2D eigenvalue weighted by atomic mass is 16.4. The second kappa shape index (κ2) is 7.88. The number of fused-ring (bicyclic) bond motifs is 1. The quantitative estimate of drug-likeness (QED) is 0.467. The van der Waals surface area contributed by atoms with E-state index in [4.69, 9.17) is 5.11 Å². The standard InChI is InChI=1S/C25H34O2/c1-17(2)20(10-8-9-18(3)15-23(26)27)19-11-12-21-22(16-19)25(6,7)14-13-24(21,4)5/h8-12,15-17H,13-14H2,1-7H3,(H,26,27)/b9-8+,18-15+,20-10+. The predicted molar refractivity (Wildman–Crippen MR) is 115 cm³/mol. The highest BCUT2D eigenvalue weighted by Gasteiger charge is 2.37. The average Bonchev–Trinajstić information content (AvgIpc) is 2.55. The predicted octanol–water partition coefficient (Wildman–Crippen LogP) is 6.66. The Bertz CT molecular complexity index is 802. The lowest BCUT2D eigenvalue weighted by molar-refractivity contribution is -0.131. The number of allylic oxidation sites excluding steroid dienone is 5. The minimum Gasteiger partial charge on any atom is -0.478 e. The van der Waals surface area contributed by atoms with Gasteiger partial charge in [-0.1, -0.05) is 78.0 Å². The molecular formula is C25H34O2. The molecule has 0 aliphatic heterocycles. The van der Waals surface area contributed by atoms with Gasteiger partial charge in [0.15, 0.2) is 0 Å². The van der Waals surface area contributed by atoms with Crippen LogP contribution in [0.4, 0.5) is 0 Å². The third-order valence-corrected chi connectivity index (χ3v) is 5.79. The van der Waals surface area contributed by atoms with Crippen LogP contribution in [-0.4, -0.2) is 11.1 Å². The summed E-state index contributed by atoms with van der Waals surface area (Å²) in [6, 6.07) is 6.96. The van der Waals surface area contributed by atoms with E-state index in [-0.39, 0.29) is 10.8 Å². The SMILES string of the molecule is CC(/C=C/C=C(/c1ccc2c(c1)C(C)(C)CCC2(C)C)C(C)C)=C\C(=O)O. The molecule has 0 unspecified atom stereocenters. The third-order valence-electron chi connectivity index (χ3n) is 5.79. The molecule has 1 aromatic rings. The van der Waals surface area contributed by atoms with E-state index in [0.29, 0.717) is 5.92 Å². The lowest BCUT2D eigenvalue weighted by atomic mass is 9.62. The Morgan fingerprint density at radius 3 is 2.22 bits per heavy atom. The van der Waals surface area contributed by atoms with Crippen LogP contribution in [0.15, 0.2) is 48.1 Å². The van der Waals surface area contributed by atoms with E-state index in [0.717, 1.165) is 5.57 Å². The topological polar surface area (TPSA) is 37.3 Å². The Labute approximate surface area is 164 Å². The fourth-order valence-electron chi connectivity index (χ4n) is 3.94. The maximum atomic E-state index is 10.8. The van der Waals surface area contributed by atoms with Crippen LogP contribution >= 0.6 is 0 Å². The van der Waals surface area contributed by atoms with Gasteiger partial charge in [-0.15, -0.1) is 0 Å². The summed E-state index contributed by atoms with van der Waals surface area (Å²) < 4.78 is 0. The molecule has 0 heterocycles. The fraction of sp³-hybridized carbons (Fsp3) is 0.480. The molecule has 1 aliphatic rings. The van der Waals surface area contributed by atoms with Crippen molar-refractivity contribution in [2.45, 2.75) is 72.1 Å². The van der Waals surface area contributed by atoms with Gasteiger partial charge in [0.2, 0.25) is 0 Å². The Kier molecular flexibility index (Phi) is 6.19. The molecule has 0 spiro atoms. The minimum absolute atomic E-state index is 0.194. The van der Waals surface area contributed by atoms with Gasteiger partial charge in [0.25, 0.3) is 0 Å². The number of carboxylic acid groups (broad SMARTS) is 1. The van der Waals surface area contributed by atoms with Gasteiger partial charge in [0.1, 0.15) is 0 Å². The van der Waals surface area contributed by atoms with Crippen LogP contribution in [0.1, 0.15) is 78.0 Å². The summed E-state index contributed by atoms with van der Waals surface area (Å²) in [5.41, 5.74) is 6.63. The number of benzene rings is 1. The van der Waals surface area contributed by atoms with Crippen LogP contribution in [0.3, 0.4) is 0 Å². The number of hydrogen-bond donors (Lipinski definition) is 1. The number of aliphatic carboxylic acids is 1. The minimum atomic E-state index is -0.912. The largest absolute Gasteiger partial charge is 0.478 e. The second-order valence-corrected chi connectivity index (χ2v) is 9.39. The first-order chi connectivity index (χ1) is 12.4. The van der Waals surface area contributed by atoms with Gasteiger partial charge in [-0.05, 0) is 64.3 Å².